The molecule has 0 aliphatic heterocycles. The van der Waals surface area contributed by atoms with Crippen LogP contribution in [0.15, 0.2) is 0 Å². The Kier molecular flexibility index (Phi) is 11.5. The van der Waals surface area contributed by atoms with Crippen molar-refractivity contribution in [3.8, 4) is 0 Å². The second kappa shape index (κ2) is 12.3. The third kappa shape index (κ3) is 11.3. The summed E-state index contributed by atoms with van der Waals surface area (Å²) in [5, 5.41) is 3.10. The molecule has 106 valence electrons. The average molecular weight is 261 g/mol. The van der Waals surface area contributed by atoms with Gasteiger partial charge in [-0.25, -0.2) is 4.79 Å². The molecule has 0 atom stereocenters. The summed E-state index contributed by atoms with van der Waals surface area (Å²) in [5.41, 5.74) is 0. The summed E-state index contributed by atoms with van der Waals surface area (Å²) in [6.07, 6.45) is 1.15. The molecule has 18 heavy (non-hydrogen) atoms. The summed E-state index contributed by atoms with van der Waals surface area (Å²) in [4.78, 5) is 21.9. The summed E-state index contributed by atoms with van der Waals surface area (Å²) in [6, 6.07) is 0. The van der Waals surface area contributed by atoms with Crippen LogP contribution in [0.3, 0.4) is 0 Å². The Morgan fingerprint density at radius 3 is 2.33 bits per heavy atom. The van der Waals surface area contributed by atoms with Crippen LogP contribution in [0.2, 0.25) is 0 Å². The van der Waals surface area contributed by atoms with Crippen LogP contribution in [0, 0.1) is 0 Å². The van der Waals surface area contributed by atoms with Crippen LogP contribution in [-0.2, 0) is 23.8 Å². The lowest BCUT2D eigenvalue weighted by Crippen LogP contribution is -2.23. The van der Waals surface area contributed by atoms with E-state index in [1.807, 2.05) is 0 Å². The van der Waals surface area contributed by atoms with Crippen LogP contribution in [0.5, 0.6) is 0 Å². The van der Waals surface area contributed by atoms with E-state index < -0.39 is 0 Å². The summed E-state index contributed by atoms with van der Waals surface area (Å²) >= 11 is 0. The number of nitrogens with one attached hydrogen (secondary N) is 1. The molecule has 0 fully saturated rings. The largest absolute Gasteiger partial charge is 0.466 e. The summed E-state index contributed by atoms with van der Waals surface area (Å²) < 4.78 is 14.6. The van der Waals surface area contributed by atoms with Gasteiger partial charge in [0.2, 0.25) is 0 Å². The molecule has 0 saturated heterocycles. The van der Waals surface area contributed by atoms with E-state index in [-0.39, 0.29) is 18.5 Å². The first kappa shape index (κ1) is 16.9. The molecule has 0 aromatic carbocycles. The van der Waals surface area contributed by atoms with Gasteiger partial charge in [0.15, 0.2) is 0 Å². The van der Waals surface area contributed by atoms with Crippen molar-refractivity contribution in [1.29, 1.82) is 0 Å². The maximum Gasteiger partial charge on any atom is 0.332 e. The number of hydrogen-bond donors (Lipinski definition) is 1. The lowest BCUT2D eigenvalue weighted by molar-refractivity contribution is -0.148. The van der Waals surface area contributed by atoms with E-state index in [0.717, 1.165) is 13.0 Å². The fraction of sp³-hybridized carbons (Fsp3) is 0.833. The molecule has 0 amide bonds. The molecular weight excluding hydrogens is 238 g/mol. The first-order valence-electron chi connectivity index (χ1n) is 6.30. The molecule has 0 aliphatic rings. The van der Waals surface area contributed by atoms with Gasteiger partial charge in [0.1, 0.15) is 6.61 Å². The highest BCUT2D eigenvalue weighted by atomic mass is 16.6. The monoisotopic (exact) mass is 261 g/mol. The molecule has 0 aromatic heterocycles. The average Bonchev–Trinajstić information content (AvgIpc) is 2.33. The SMILES string of the molecule is CCOC(=O)CCCNCCOCC(=O)OCC. The van der Waals surface area contributed by atoms with Crippen LogP contribution >= 0.6 is 0 Å². The summed E-state index contributed by atoms with van der Waals surface area (Å²) in [7, 11) is 0. The summed E-state index contributed by atoms with van der Waals surface area (Å²) in [6.45, 7) is 6.13. The van der Waals surface area contributed by atoms with Crippen LogP contribution in [0.4, 0.5) is 0 Å². The van der Waals surface area contributed by atoms with Crippen molar-refractivity contribution >= 4 is 11.9 Å². The third-order valence-corrected chi connectivity index (χ3v) is 1.99. The Bertz CT molecular complexity index is 209. The van der Waals surface area contributed by atoms with Crippen molar-refractivity contribution in [3.05, 3.63) is 0 Å². The first-order valence-corrected chi connectivity index (χ1v) is 6.30. The van der Waals surface area contributed by atoms with Gasteiger partial charge in [-0.05, 0) is 26.8 Å². The molecule has 0 bridgehead atoms. The Hall–Kier alpha value is -1.14. The smallest absolute Gasteiger partial charge is 0.332 e. The number of rotatable bonds is 11. The lowest BCUT2D eigenvalue weighted by atomic mass is 10.3. The van der Waals surface area contributed by atoms with Gasteiger partial charge in [-0.3, -0.25) is 4.79 Å². The fourth-order valence-corrected chi connectivity index (χ4v) is 1.22. The van der Waals surface area contributed by atoms with E-state index in [1.54, 1.807) is 13.8 Å². The van der Waals surface area contributed by atoms with E-state index in [9.17, 15) is 9.59 Å². The maximum absolute atomic E-state index is 11.0. The van der Waals surface area contributed by atoms with Gasteiger partial charge in [0, 0.05) is 13.0 Å². The minimum absolute atomic E-state index is 0.0155. The molecule has 1 N–H and O–H groups in total. The molecule has 0 radical (unpaired) electrons. The number of esters is 2. The van der Waals surface area contributed by atoms with Gasteiger partial charge in [0.05, 0.1) is 19.8 Å². The second-order valence-corrected chi connectivity index (χ2v) is 3.52. The topological polar surface area (TPSA) is 73.9 Å². The van der Waals surface area contributed by atoms with Crippen LogP contribution < -0.4 is 5.32 Å². The highest BCUT2D eigenvalue weighted by Gasteiger charge is 2.01. The molecule has 0 saturated carbocycles. The Balaban J connectivity index is 3.16. The quantitative estimate of drug-likeness (QED) is 0.431. The summed E-state index contributed by atoms with van der Waals surface area (Å²) in [5.74, 6) is -0.516. The van der Waals surface area contributed by atoms with E-state index >= 15 is 0 Å². The molecular formula is C12H23NO5. The van der Waals surface area contributed by atoms with Crippen LogP contribution in [0.1, 0.15) is 26.7 Å². The molecule has 6 heteroatoms. The van der Waals surface area contributed by atoms with Crippen molar-refractivity contribution < 1.29 is 23.8 Å². The molecule has 0 aliphatic carbocycles. The standard InChI is InChI=1S/C12H23NO5/c1-3-17-11(14)6-5-7-13-8-9-16-10-12(15)18-4-2/h13H,3-10H2,1-2H3. The molecule has 0 spiro atoms. The third-order valence-electron chi connectivity index (χ3n) is 1.99. The van der Waals surface area contributed by atoms with Gasteiger partial charge < -0.3 is 19.5 Å². The van der Waals surface area contributed by atoms with Gasteiger partial charge in [-0.15, -0.1) is 0 Å². The zero-order valence-corrected chi connectivity index (χ0v) is 11.2. The molecule has 0 heterocycles. The van der Waals surface area contributed by atoms with Gasteiger partial charge in [-0.1, -0.05) is 0 Å². The maximum atomic E-state index is 11.0. The van der Waals surface area contributed by atoms with Gasteiger partial charge in [-0.2, -0.15) is 0 Å². The minimum Gasteiger partial charge on any atom is -0.466 e. The number of hydrogen-bond acceptors (Lipinski definition) is 6. The normalized spacial score (nSPS) is 10.1. The lowest BCUT2D eigenvalue weighted by Gasteiger charge is -2.06. The highest BCUT2D eigenvalue weighted by Crippen LogP contribution is 1.91. The van der Waals surface area contributed by atoms with Gasteiger partial charge in [0.25, 0.3) is 0 Å². The Morgan fingerprint density at radius 1 is 1.00 bits per heavy atom. The van der Waals surface area contributed by atoms with Crippen molar-refractivity contribution in [2.24, 2.45) is 0 Å². The first-order chi connectivity index (χ1) is 8.70. The zero-order valence-electron chi connectivity index (χ0n) is 11.2. The van der Waals surface area contributed by atoms with Crippen LogP contribution in [-0.4, -0.2) is 51.5 Å². The van der Waals surface area contributed by atoms with Crippen molar-refractivity contribution in [2.45, 2.75) is 26.7 Å². The van der Waals surface area contributed by atoms with E-state index in [1.165, 1.54) is 0 Å². The van der Waals surface area contributed by atoms with Crippen molar-refractivity contribution in [1.82, 2.24) is 5.32 Å². The Morgan fingerprint density at radius 2 is 1.67 bits per heavy atom. The fourth-order valence-electron chi connectivity index (χ4n) is 1.22. The molecule has 0 aromatic rings. The van der Waals surface area contributed by atoms with E-state index in [2.05, 4.69) is 5.32 Å². The van der Waals surface area contributed by atoms with E-state index in [0.29, 0.717) is 32.8 Å². The number of carbonyl (C=O) groups is 2. The number of ether oxygens (including phenoxy) is 3. The van der Waals surface area contributed by atoms with Gasteiger partial charge >= 0.3 is 11.9 Å². The predicted molar refractivity (Wildman–Crippen MR) is 66.2 cm³/mol. The second-order valence-electron chi connectivity index (χ2n) is 3.52. The molecule has 6 nitrogen and oxygen atoms in total. The number of carbonyl (C=O) groups excluding carboxylic acids is 2. The Labute approximate surface area is 108 Å². The van der Waals surface area contributed by atoms with E-state index in [4.69, 9.17) is 14.2 Å². The highest BCUT2D eigenvalue weighted by molar-refractivity contribution is 5.70. The van der Waals surface area contributed by atoms with Crippen molar-refractivity contribution in [2.75, 3.05) is 39.5 Å². The molecule has 0 unspecified atom stereocenters. The van der Waals surface area contributed by atoms with Crippen molar-refractivity contribution in [3.63, 3.8) is 0 Å². The van der Waals surface area contributed by atoms with Crippen LogP contribution in [0.25, 0.3) is 0 Å². The minimum atomic E-state index is -0.347. The predicted octanol–water partition coefficient (Wildman–Crippen LogP) is 0.499. The molecule has 0 rings (SSSR count). The zero-order chi connectivity index (χ0) is 13.6.